The van der Waals surface area contributed by atoms with Gasteiger partial charge < -0.3 is 4.98 Å². The number of benzene rings is 2. The average Bonchev–Trinajstić information content (AvgIpc) is 3.51. The van der Waals surface area contributed by atoms with Crippen molar-refractivity contribution < 1.29 is 17.2 Å². The first-order valence-electron chi connectivity index (χ1n) is 12.1. The Morgan fingerprint density at radius 1 is 0.974 bits per heavy atom. The van der Waals surface area contributed by atoms with Crippen LogP contribution in [0.4, 0.5) is 8.78 Å². The normalized spacial score (nSPS) is 12.0. The number of hydrogen-bond acceptors (Lipinski definition) is 6. The van der Waals surface area contributed by atoms with Crippen molar-refractivity contribution in [3.63, 3.8) is 0 Å². The van der Waals surface area contributed by atoms with Crippen LogP contribution in [0.15, 0.2) is 61.1 Å². The quantitative estimate of drug-likeness (QED) is 0.290. The predicted octanol–water partition coefficient (Wildman–Crippen LogP) is 5.40. The highest BCUT2D eigenvalue weighted by molar-refractivity contribution is 7.90. The number of pyridine rings is 2. The molecule has 2 aromatic carbocycles. The minimum Gasteiger partial charge on any atom is -0.335 e. The highest BCUT2D eigenvalue weighted by Gasteiger charge is 2.19. The molecular weight excluding hydrogens is 522 g/mol. The molecule has 8 nitrogen and oxygen atoms in total. The van der Waals surface area contributed by atoms with Crippen LogP contribution in [0.5, 0.6) is 0 Å². The molecule has 0 aliphatic rings. The Kier molecular flexibility index (Phi) is 5.95. The summed E-state index contributed by atoms with van der Waals surface area (Å²) in [5.41, 5.74) is 5.75. The molecule has 4 heterocycles. The maximum absolute atomic E-state index is 15.1. The molecule has 0 saturated heterocycles. The molecule has 0 aliphatic carbocycles. The molecule has 6 aromatic rings. The molecule has 0 unspecified atom stereocenters. The van der Waals surface area contributed by atoms with E-state index in [2.05, 4.69) is 30.1 Å². The molecule has 196 valence electrons. The van der Waals surface area contributed by atoms with E-state index in [4.69, 9.17) is 0 Å². The average molecular weight is 545 g/mol. The summed E-state index contributed by atoms with van der Waals surface area (Å²) in [6, 6.07) is 11.3. The summed E-state index contributed by atoms with van der Waals surface area (Å²) in [5, 5.41) is 7.59. The first-order chi connectivity index (χ1) is 18.7. The number of H-pyrrole nitrogens is 2. The Morgan fingerprint density at radius 2 is 1.79 bits per heavy atom. The molecule has 0 fully saturated rings. The van der Waals surface area contributed by atoms with E-state index in [1.54, 1.807) is 30.7 Å². The lowest BCUT2D eigenvalue weighted by molar-refractivity contribution is 0.600. The first kappa shape index (κ1) is 24.8. The van der Waals surface area contributed by atoms with Gasteiger partial charge in [-0.25, -0.2) is 27.2 Å². The van der Waals surface area contributed by atoms with Gasteiger partial charge in [-0.3, -0.25) is 10.1 Å². The third-order valence-electron chi connectivity index (χ3n) is 6.62. The number of aromatic nitrogens is 6. The van der Waals surface area contributed by atoms with Gasteiger partial charge in [0.05, 0.1) is 11.3 Å². The highest BCUT2D eigenvalue weighted by atomic mass is 32.2. The smallest absolute Gasteiger partial charge is 0.178 e. The zero-order chi connectivity index (χ0) is 27.3. The van der Waals surface area contributed by atoms with Gasteiger partial charge in [0.1, 0.15) is 26.9 Å². The van der Waals surface area contributed by atoms with Gasteiger partial charge in [-0.05, 0) is 72.0 Å². The second-order valence-corrected chi connectivity index (χ2v) is 11.8. The summed E-state index contributed by atoms with van der Waals surface area (Å²) in [5.74, 6) is -0.654. The number of sulfone groups is 1. The number of rotatable bonds is 6. The predicted molar refractivity (Wildman–Crippen MR) is 146 cm³/mol. The second-order valence-electron chi connectivity index (χ2n) is 9.51. The van der Waals surface area contributed by atoms with E-state index in [1.807, 2.05) is 19.1 Å². The number of nitrogens with zero attached hydrogens (tertiary/aromatic N) is 4. The molecule has 39 heavy (non-hydrogen) atoms. The molecule has 0 spiro atoms. The summed E-state index contributed by atoms with van der Waals surface area (Å²) >= 11 is 0. The van der Waals surface area contributed by atoms with Gasteiger partial charge in [0.25, 0.3) is 0 Å². The van der Waals surface area contributed by atoms with Crippen molar-refractivity contribution in [1.29, 1.82) is 0 Å². The summed E-state index contributed by atoms with van der Waals surface area (Å²) in [6.07, 6.45) is 6.28. The van der Waals surface area contributed by atoms with Crippen LogP contribution in [0.3, 0.4) is 0 Å². The van der Waals surface area contributed by atoms with Gasteiger partial charge >= 0.3 is 0 Å². The summed E-state index contributed by atoms with van der Waals surface area (Å²) in [6.45, 7) is 1.93. The Hall–Kier alpha value is -4.51. The number of aromatic amines is 2. The number of nitrogens with one attached hydrogen (secondary N) is 2. The van der Waals surface area contributed by atoms with Gasteiger partial charge in [-0.15, -0.1) is 0 Å². The van der Waals surface area contributed by atoms with E-state index < -0.39 is 21.5 Å². The van der Waals surface area contributed by atoms with E-state index in [0.29, 0.717) is 50.3 Å². The molecule has 0 radical (unpaired) electrons. The number of imidazole rings is 1. The van der Waals surface area contributed by atoms with E-state index in [0.717, 1.165) is 17.4 Å². The lowest BCUT2D eigenvalue weighted by Crippen LogP contribution is -2.06. The minimum absolute atomic E-state index is 0.0835. The van der Waals surface area contributed by atoms with Crippen molar-refractivity contribution in [1.82, 2.24) is 30.1 Å². The van der Waals surface area contributed by atoms with Gasteiger partial charge in [0.15, 0.2) is 17.3 Å². The van der Waals surface area contributed by atoms with Crippen molar-refractivity contribution >= 4 is 31.9 Å². The summed E-state index contributed by atoms with van der Waals surface area (Å²) in [7, 11) is -3.20. The van der Waals surface area contributed by atoms with Crippen LogP contribution >= 0.6 is 0 Å². The number of halogens is 2. The Labute approximate surface area is 222 Å². The van der Waals surface area contributed by atoms with Crippen LogP contribution in [-0.4, -0.2) is 50.6 Å². The fourth-order valence-corrected chi connectivity index (χ4v) is 5.31. The van der Waals surface area contributed by atoms with Crippen molar-refractivity contribution in [3.05, 3.63) is 83.8 Å². The Bertz CT molecular complexity index is 2000. The largest absolute Gasteiger partial charge is 0.335 e. The topological polar surface area (TPSA) is 117 Å². The van der Waals surface area contributed by atoms with E-state index in [-0.39, 0.29) is 17.7 Å². The van der Waals surface area contributed by atoms with Crippen LogP contribution in [-0.2, 0) is 16.3 Å². The standard InChI is InChI=1S/C28H22F2N6O2S/c1-15-3-6-31-14-22(15)18-12-21-24(23(30)13-18)35-36-26(21)28-33-25-20(4-7-32-27(25)34-28)17-9-16(10-19(29)11-17)5-8-39(2,37)38/h3-4,6-7,9-14H,5,8H2,1-2H3,(H,35,36)(H,32,33,34). The number of fused-ring (bicyclic) bond motifs is 2. The fraction of sp³-hybridized carbons (Fsp3) is 0.143. The SMILES string of the molecule is Cc1ccncc1-c1cc(F)c2n[nH]c(-c3nc4nccc(-c5cc(F)cc(CCS(C)(=O)=O)c5)c4[nH]3)c2c1. The van der Waals surface area contributed by atoms with E-state index in [1.165, 1.54) is 18.2 Å². The lowest BCUT2D eigenvalue weighted by Gasteiger charge is -2.07. The highest BCUT2D eigenvalue weighted by Crippen LogP contribution is 2.34. The van der Waals surface area contributed by atoms with E-state index in [9.17, 15) is 12.8 Å². The maximum atomic E-state index is 15.1. The molecule has 6 rings (SSSR count). The van der Waals surface area contributed by atoms with Gasteiger partial charge in [-0.1, -0.05) is 6.07 Å². The molecule has 4 aromatic heterocycles. The molecule has 0 amide bonds. The summed E-state index contributed by atoms with van der Waals surface area (Å²) in [4.78, 5) is 16.4. The van der Waals surface area contributed by atoms with Crippen molar-refractivity contribution in [2.24, 2.45) is 0 Å². The van der Waals surface area contributed by atoms with Gasteiger partial charge in [-0.2, -0.15) is 5.10 Å². The zero-order valence-electron chi connectivity index (χ0n) is 21.0. The van der Waals surface area contributed by atoms with E-state index >= 15 is 4.39 Å². The third kappa shape index (κ3) is 4.76. The first-order valence-corrected chi connectivity index (χ1v) is 14.1. The molecule has 0 bridgehead atoms. The van der Waals surface area contributed by atoms with Crippen LogP contribution in [0.2, 0.25) is 0 Å². The minimum atomic E-state index is -3.20. The fourth-order valence-electron chi connectivity index (χ4n) is 4.70. The van der Waals surface area contributed by atoms with Crippen LogP contribution in [0.25, 0.3) is 55.8 Å². The molecule has 11 heteroatoms. The van der Waals surface area contributed by atoms with Crippen molar-refractivity contribution in [2.45, 2.75) is 13.3 Å². The molecule has 0 aliphatic heterocycles. The number of aryl methyl sites for hydroxylation is 2. The second kappa shape index (κ2) is 9.35. The van der Waals surface area contributed by atoms with Crippen LogP contribution < -0.4 is 0 Å². The third-order valence-corrected chi connectivity index (χ3v) is 7.57. The molecular formula is C28H22F2N6O2S. The Morgan fingerprint density at radius 3 is 2.59 bits per heavy atom. The zero-order valence-corrected chi connectivity index (χ0v) is 21.8. The van der Waals surface area contributed by atoms with Crippen LogP contribution in [0, 0.1) is 18.6 Å². The van der Waals surface area contributed by atoms with Crippen LogP contribution in [0.1, 0.15) is 11.1 Å². The maximum Gasteiger partial charge on any atom is 0.178 e. The molecule has 2 N–H and O–H groups in total. The lowest BCUT2D eigenvalue weighted by atomic mass is 10.0. The van der Waals surface area contributed by atoms with Crippen molar-refractivity contribution in [3.8, 4) is 33.8 Å². The summed E-state index contributed by atoms with van der Waals surface area (Å²) < 4.78 is 52.8. The molecule has 0 saturated carbocycles. The molecule has 0 atom stereocenters. The number of hydrogen-bond donors (Lipinski definition) is 2. The Balaban J connectivity index is 1.46. The monoisotopic (exact) mass is 544 g/mol. The van der Waals surface area contributed by atoms with Gasteiger partial charge in [0.2, 0.25) is 0 Å². The van der Waals surface area contributed by atoms with Gasteiger partial charge in [0, 0.05) is 41.4 Å². The van der Waals surface area contributed by atoms with Crippen molar-refractivity contribution in [2.75, 3.05) is 12.0 Å².